The highest BCUT2D eigenvalue weighted by Gasteiger charge is 2.12. The van der Waals surface area contributed by atoms with Gasteiger partial charge in [-0.25, -0.2) is 9.97 Å². The van der Waals surface area contributed by atoms with Crippen LogP contribution < -0.4 is 5.73 Å². The van der Waals surface area contributed by atoms with Crippen molar-refractivity contribution in [2.24, 2.45) is 0 Å². The predicted molar refractivity (Wildman–Crippen MR) is 93.4 cm³/mol. The molecule has 0 bridgehead atoms. The van der Waals surface area contributed by atoms with Crippen LogP contribution in [0.15, 0.2) is 6.33 Å². The van der Waals surface area contributed by atoms with Crippen LogP contribution in [0.25, 0.3) is 11.0 Å². The van der Waals surface area contributed by atoms with Gasteiger partial charge in [0.2, 0.25) is 0 Å². The number of hydrogen-bond acceptors (Lipinski definition) is 4. The fourth-order valence-corrected chi connectivity index (χ4v) is 3.91. The van der Waals surface area contributed by atoms with Crippen LogP contribution in [-0.4, -0.2) is 30.6 Å². The number of nitrogens with zero attached hydrogens (tertiary/aromatic N) is 3. The molecule has 2 heterocycles. The molecule has 0 saturated heterocycles. The molecule has 6 heteroatoms. The summed E-state index contributed by atoms with van der Waals surface area (Å²) in [4.78, 5) is 8.71. The van der Waals surface area contributed by atoms with Crippen LogP contribution in [0, 0.1) is 13.8 Å². The number of imidazole rings is 1. The Hall–Kier alpha value is -1.27. The Labute approximate surface area is 135 Å². The van der Waals surface area contributed by atoms with E-state index in [9.17, 15) is 4.55 Å². The SMILES string of the molecule is CCCC[S+]([O-])CCCCn1cnc2c(N)nc(C)c(C)c21. The van der Waals surface area contributed by atoms with Crippen molar-refractivity contribution >= 4 is 28.0 Å². The van der Waals surface area contributed by atoms with Gasteiger partial charge in [0.25, 0.3) is 0 Å². The maximum Gasteiger partial charge on any atom is 0.151 e. The van der Waals surface area contributed by atoms with Gasteiger partial charge < -0.3 is 14.9 Å². The summed E-state index contributed by atoms with van der Waals surface area (Å²) in [5.41, 5.74) is 9.90. The van der Waals surface area contributed by atoms with E-state index >= 15 is 0 Å². The van der Waals surface area contributed by atoms with Crippen molar-refractivity contribution < 1.29 is 4.55 Å². The van der Waals surface area contributed by atoms with Gasteiger partial charge in [-0.3, -0.25) is 0 Å². The summed E-state index contributed by atoms with van der Waals surface area (Å²) < 4.78 is 13.9. The Morgan fingerprint density at radius 1 is 1.23 bits per heavy atom. The summed E-state index contributed by atoms with van der Waals surface area (Å²) >= 11 is -0.662. The Morgan fingerprint density at radius 2 is 1.95 bits per heavy atom. The highest BCUT2D eigenvalue weighted by molar-refractivity contribution is 7.91. The quantitative estimate of drug-likeness (QED) is 0.598. The van der Waals surface area contributed by atoms with Crippen LogP contribution in [0.2, 0.25) is 0 Å². The molecule has 0 saturated carbocycles. The summed E-state index contributed by atoms with van der Waals surface area (Å²) in [5.74, 6) is 2.14. The Kier molecular flexibility index (Phi) is 6.08. The van der Waals surface area contributed by atoms with Crippen molar-refractivity contribution in [1.82, 2.24) is 14.5 Å². The van der Waals surface area contributed by atoms with Crippen LogP contribution >= 0.6 is 0 Å². The number of aromatic nitrogens is 3. The van der Waals surface area contributed by atoms with Crippen molar-refractivity contribution in [1.29, 1.82) is 0 Å². The molecule has 0 fully saturated rings. The molecular formula is C16H26N4OS. The predicted octanol–water partition coefficient (Wildman–Crippen LogP) is 2.96. The standard InChI is InChI=1S/C16H26N4OS/c1-4-5-9-22(21)10-7-6-8-20-11-18-14-15(20)12(2)13(3)19-16(14)17/h11H,4-10H2,1-3H3,(H2,17,19). The highest BCUT2D eigenvalue weighted by Crippen LogP contribution is 2.24. The third kappa shape index (κ3) is 3.93. The molecule has 1 unspecified atom stereocenters. The first kappa shape index (κ1) is 17.1. The normalized spacial score (nSPS) is 12.9. The second kappa shape index (κ2) is 7.83. The monoisotopic (exact) mass is 322 g/mol. The molecular weight excluding hydrogens is 296 g/mol. The second-order valence-corrected chi connectivity index (χ2v) is 7.45. The lowest BCUT2D eigenvalue weighted by molar-refractivity contribution is 0.581. The minimum Gasteiger partial charge on any atom is -0.616 e. The molecule has 5 nitrogen and oxygen atoms in total. The van der Waals surface area contributed by atoms with Gasteiger partial charge in [-0.2, -0.15) is 0 Å². The fourth-order valence-electron chi connectivity index (χ4n) is 2.57. The number of aryl methyl sites for hydroxylation is 3. The van der Waals surface area contributed by atoms with Gasteiger partial charge in [0, 0.05) is 12.2 Å². The number of hydrogen-bond donors (Lipinski definition) is 1. The average molecular weight is 322 g/mol. The first-order valence-corrected chi connectivity index (χ1v) is 9.45. The van der Waals surface area contributed by atoms with Crippen LogP contribution in [0.5, 0.6) is 0 Å². The topological polar surface area (TPSA) is 79.8 Å². The summed E-state index contributed by atoms with van der Waals surface area (Å²) in [5, 5.41) is 0. The smallest absolute Gasteiger partial charge is 0.151 e. The molecule has 2 N–H and O–H groups in total. The molecule has 2 aromatic rings. The van der Waals surface area contributed by atoms with Gasteiger partial charge in [-0.15, -0.1) is 0 Å². The van der Waals surface area contributed by atoms with Crippen molar-refractivity contribution in [3.63, 3.8) is 0 Å². The lowest BCUT2D eigenvalue weighted by Gasteiger charge is -2.11. The number of fused-ring (bicyclic) bond motifs is 1. The maximum absolute atomic E-state index is 11.8. The Morgan fingerprint density at radius 3 is 2.68 bits per heavy atom. The number of rotatable bonds is 8. The summed E-state index contributed by atoms with van der Waals surface area (Å²) in [6, 6.07) is 0. The van der Waals surface area contributed by atoms with Gasteiger partial charge in [0.1, 0.15) is 17.0 Å². The second-order valence-electron chi connectivity index (χ2n) is 5.75. The van der Waals surface area contributed by atoms with Crippen molar-refractivity contribution in [2.75, 3.05) is 17.2 Å². The van der Waals surface area contributed by atoms with Crippen molar-refractivity contribution in [2.45, 2.75) is 53.0 Å². The fraction of sp³-hybridized carbons (Fsp3) is 0.625. The average Bonchev–Trinajstić information content (AvgIpc) is 2.92. The molecule has 2 aromatic heterocycles. The minimum absolute atomic E-state index is 0.498. The van der Waals surface area contributed by atoms with Gasteiger partial charge in [0.15, 0.2) is 5.82 Å². The van der Waals surface area contributed by atoms with Gasteiger partial charge in [0.05, 0.1) is 11.8 Å². The van der Waals surface area contributed by atoms with Crippen LogP contribution in [-0.2, 0) is 17.7 Å². The molecule has 22 heavy (non-hydrogen) atoms. The number of nitrogens with two attached hydrogens (primary N) is 1. The molecule has 2 rings (SSSR count). The maximum atomic E-state index is 11.8. The molecule has 122 valence electrons. The first-order chi connectivity index (χ1) is 10.5. The van der Waals surface area contributed by atoms with Crippen LogP contribution in [0.3, 0.4) is 0 Å². The molecule has 0 aliphatic rings. The van der Waals surface area contributed by atoms with Gasteiger partial charge in [-0.05, 0) is 38.7 Å². The van der Waals surface area contributed by atoms with Crippen LogP contribution in [0.4, 0.5) is 5.82 Å². The lowest BCUT2D eigenvalue weighted by Crippen LogP contribution is -2.11. The zero-order chi connectivity index (χ0) is 16.1. The van der Waals surface area contributed by atoms with E-state index < -0.39 is 11.2 Å². The molecule has 0 aliphatic carbocycles. The largest absolute Gasteiger partial charge is 0.616 e. The first-order valence-electron chi connectivity index (χ1n) is 7.97. The van der Waals surface area contributed by atoms with E-state index in [1.807, 2.05) is 13.3 Å². The Balaban J connectivity index is 1.95. The van der Waals surface area contributed by atoms with E-state index in [0.717, 1.165) is 66.0 Å². The van der Waals surface area contributed by atoms with Crippen LogP contribution in [0.1, 0.15) is 43.9 Å². The van der Waals surface area contributed by atoms with Gasteiger partial charge >= 0.3 is 0 Å². The zero-order valence-corrected chi connectivity index (χ0v) is 14.6. The van der Waals surface area contributed by atoms with E-state index in [0.29, 0.717) is 5.82 Å². The van der Waals surface area contributed by atoms with Gasteiger partial charge in [-0.1, -0.05) is 24.5 Å². The molecule has 0 amide bonds. The molecule has 0 aromatic carbocycles. The number of pyridine rings is 1. The van der Waals surface area contributed by atoms with E-state index in [1.54, 1.807) is 0 Å². The molecule has 0 radical (unpaired) electrons. The van der Waals surface area contributed by atoms with E-state index in [2.05, 4.69) is 28.4 Å². The molecule has 0 aliphatic heterocycles. The number of nitrogen functional groups attached to an aromatic ring is 1. The Bertz CT molecular complexity index is 626. The third-order valence-electron chi connectivity index (χ3n) is 4.01. The summed E-state index contributed by atoms with van der Waals surface area (Å²) in [7, 11) is 0. The number of unbranched alkanes of at least 4 members (excludes halogenated alkanes) is 2. The minimum atomic E-state index is -0.662. The molecule has 0 spiro atoms. The summed E-state index contributed by atoms with van der Waals surface area (Å²) in [6.07, 6.45) is 5.99. The molecule has 1 atom stereocenters. The third-order valence-corrected chi connectivity index (χ3v) is 5.50. The summed E-state index contributed by atoms with van der Waals surface area (Å²) in [6.45, 7) is 7.04. The van der Waals surface area contributed by atoms with E-state index in [1.165, 1.54) is 0 Å². The van der Waals surface area contributed by atoms with Crippen molar-refractivity contribution in [3.8, 4) is 0 Å². The van der Waals surface area contributed by atoms with E-state index in [4.69, 9.17) is 5.73 Å². The lowest BCUT2D eigenvalue weighted by atomic mass is 10.2. The number of anilines is 1. The van der Waals surface area contributed by atoms with E-state index in [-0.39, 0.29) is 0 Å². The highest BCUT2D eigenvalue weighted by atomic mass is 32.2. The van der Waals surface area contributed by atoms with Crippen molar-refractivity contribution in [3.05, 3.63) is 17.6 Å². The zero-order valence-electron chi connectivity index (χ0n) is 13.8.